The van der Waals surface area contributed by atoms with Crippen molar-refractivity contribution >= 4 is 15.9 Å². The first-order valence-corrected chi connectivity index (χ1v) is 9.79. The van der Waals surface area contributed by atoms with Crippen molar-refractivity contribution in [2.45, 2.75) is 45.1 Å². The van der Waals surface area contributed by atoms with E-state index < -0.39 is 10.0 Å². The lowest BCUT2D eigenvalue weighted by molar-refractivity contribution is -0.134. The van der Waals surface area contributed by atoms with Crippen LogP contribution in [0.2, 0.25) is 0 Å². The Labute approximate surface area is 127 Å². The van der Waals surface area contributed by atoms with Crippen LogP contribution in [-0.4, -0.2) is 55.5 Å². The summed E-state index contributed by atoms with van der Waals surface area (Å²) in [4.78, 5) is 14.4. The molecule has 0 aromatic carbocycles. The number of amides is 1. The molecule has 1 heterocycles. The van der Waals surface area contributed by atoms with Crippen molar-refractivity contribution in [1.82, 2.24) is 9.21 Å². The van der Waals surface area contributed by atoms with Crippen LogP contribution in [0, 0.1) is 17.8 Å². The lowest BCUT2D eigenvalue weighted by atomic mass is 10.0. The summed E-state index contributed by atoms with van der Waals surface area (Å²) in [6.45, 7) is 3.09. The minimum absolute atomic E-state index is 0.0532. The van der Waals surface area contributed by atoms with Gasteiger partial charge in [0.25, 0.3) is 0 Å². The van der Waals surface area contributed by atoms with Crippen molar-refractivity contribution in [2.24, 2.45) is 17.8 Å². The van der Waals surface area contributed by atoms with Crippen LogP contribution in [0.1, 0.15) is 39.0 Å². The maximum atomic E-state index is 12.4. The predicted molar refractivity (Wildman–Crippen MR) is 81.1 cm³/mol. The molecule has 0 aromatic rings. The zero-order valence-corrected chi connectivity index (χ0v) is 13.8. The SMILES string of the molecule is CCS(=O)(=O)N(C)C1CCN(C(=O)C2CC2C2CC2)CC1. The first kappa shape index (κ1) is 15.3. The Morgan fingerprint density at radius 2 is 1.81 bits per heavy atom. The van der Waals surface area contributed by atoms with Crippen LogP contribution in [0.15, 0.2) is 0 Å². The highest BCUT2D eigenvalue weighted by molar-refractivity contribution is 7.89. The topological polar surface area (TPSA) is 57.7 Å². The standard InChI is InChI=1S/C15H26N2O3S/c1-3-21(19,20)16(2)12-6-8-17(9-7-12)15(18)14-10-13(14)11-4-5-11/h11-14H,3-10H2,1-2H3. The molecule has 2 saturated carbocycles. The number of hydrogen-bond acceptors (Lipinski definition) is 3. The fraction of sp³-hybridized carbons (Fsp3) is 0.933. The molecule has 21 heavy (non-hydrogen) atoms. The number of nitrogens with zero attached hydrogens (tertiary/aromatic N) is 2. The van der Waals surface area contributed by atoms with Gasteiger partial charge in [0.2, 0.25) is 15.9 Å². The highest BCUT2D eigenvalue weighted by Crippen LogP contribution is 2.55. The van der Waals surface area contributed by atoms with Crippen LogP contribution >= 0.6 is 0 Å². The minimum atomic E-state index is -3.12. The van der Waals surface area contributed by atoms with E-state index in [9.17, 15) is 13.2 Å². The van der Waals surface area contributed by atoms with Crippen LogP contribution in [0.4, 0.5) is 0 Å². The van der Waals surface area contributed by atoms with Crippen LogP contribution in [-0.2, 0) is 14.8 Å². The zero-order valence-electron chi connectivity index (χ0n) is 13.0. The first-order chi connectivity index (χ1) is 9.94. The second-order valence-corrected chi connectivity index (χ2v) is 9.13. The van der Waals surface area contributed by atoms with E-state index in [0.717, 1.165) is 25.2 Å². The van der Waals surface area contributed by atoms with Crippen molar-refractivity contribution in [1.29, 1.82) is 0 Å². The Morgan fingerprint density at radius 3 is 2.33 bits per heavy atom. The van der Waals surface area contributed by atoms with Crippen molar-refractivity contribution < 1.29 is 13.2 Å². The van der Waals surface area contributed by atoms with Crippen LogP contribution < -0.4 is 0 Å². The summed E-state index contributed by atoms with van der Waals surface area (Å²) in [5, 5.41) is 0. The highest BCUT2D eigenvalue weighted by atomic mass is 32.2. The molecule has 0 aromatic heterocycles. The molecule has 3 rings (SSSR count). The van der Waals surface area contributed by atoms with Gasteiger partial charge in [-0.2, -0.15) is 0 Å². The van der Waals surface area contributed by atoms with E-state index in [0.29, 0.717) is 24.9 Å². The van der Waals surface area contributed by atoms with Crippen molar-refractivity contribution in [3.63, 3.8) is 0 Å². The molecule has 1 aliphatic heterocycles. The average molecular weight is 314 g/mol. The van der Waals surface area contributed by atoms with E-state index in [1.807, 2.05) is 4.90 Å². The van der Waals surface area contributed by atoms with Gasteiger partial charge in [0.05, 0.1) is 5.75 Å². The molecule has 2 atom stereocenters. The Balaban J connectivity index is 1.50. The molecular formula is C15H26N2O3S. The molecule has 1 amide bonds. The first-order valence-electron chi connectivity index (χ1n) is 8.18. The fourth-order valence-electron chi connectivity index (χ4n) is 3.66. The van der Waals surface area contributed by atoms with E-state index in [-0.39, 0.29) is 17.7 Å². The van der Waals surface area contributed by atoms with Crippen LogP contribution in [0.5, 0.6) is 0 Å². The summed E-state index contributed by atoms with van der Waals surface area (Å²) in [6, 6.07) is 0.0532. The second kappa shape index (κ2) is 5.54. The van der Waals surface area contributed by atoms with Gasteiger partial charge >= 0.3 is 0 Å². The molecule has 2 aliphatic carbocycles. The number of hydrogen-bond donors (Lipinski definition) is 0. The highest BCUT2D eigenvalue weighted by Gasteiger charge is 2.52. The lowest BCUT2D eigenvalue weighted by Gasteiger charge is -2.36. The van der Waals surface area contributed by atoms with Gasteiger partial charge in [-0.3, -0.25) is 4.79 Å². The molecule has 6 heteroatoms. The van der Waals surface area contributed by atoms with Crippen LogP contribution in [0.3, 0.4) is 0 Å². The maximum absolute atomic E-state index is 12.4. The molecule has 3 fully saturated rings. The lowest BCUT2D eigenvalue weighted by Crippen LogP contribution is -2.48. The van der Waals surface area contributed by atoms with E-state index >= 15 is 0 Å². The number of rotatable bonds is 5. The van der Waals surface area contributed by atoms with Gasteiger partial charge < -0.3 is 4.90 Å². The smallest absolute Gasteiger partial charge is 0.225 e. The van der Waals surface area contributed by atoms with Crippen molar-refractivity contribution in [2.75, 3.05) is 25.9 Å². The molecule has 0 radical (unpaired) electrons. The Kier molecular flexibility index (Phi) is 4.03. The molecule has 120 valence electrons. The van der Waals surface area contributed by atoms with E-state index in [2.05, 4.69) is 0 Å². The van der Waals surface area contributed by atoms with Gasteiger partial charge in [-0.15, -0.1) is 0 Å². The predicted octanol–water partition coefficient (Wildman–Crippen LogP) is 1.30. The number of piperidine rings is 1. The Morgan fingerprint density at radius 1 is 1.19 bits per heavy atom. The van der Waals surface area contributed by atoms with Gasteiger partial charge in [0.1, 0.15) is 0 Å². The molecule has 3 aliphatic rings. The molecule has 0 N–H and O–H groups in total. The third-order valence-electron chi connectivity index (χ3n) is 5.48. The Hall–Kier alpha value is -0.620. The van der Waals surface area contributed by atoms with E-state index in [1.165, 1.54) is 17.1 Å². The van der Waals surface area contributed by atoms with Crippen molar-refractivity contribution in [3.05, 3.63) is 0 Å². The van der Waals surface area contributed by atoms with Gasteiger partial charge in [-0.25, -0.2) is 12.7 Å². The normalized spacial score (nSPS) is 30.7. The van der Waals surface area contributed by atoms with E-state index in [4.69, 9.17) is 0 Å². The van der Waals surface area contributed by atoms with Crippen LogP contribution in [0.25, 0.3) is 0 Å². The number of likely N-dealkylation sites (tertiary alicyclic amines) is 1. The largest absolute Gasteiger partial charge is 0.342 e. The third-order valence-corrected chi connectivity index (χ3v) is 7.38. The second-order valence-electron chi connectivity index (χ2n) is 6.82. The average Bonchev–Trinajstić information content (AvgIpc) is 3.37. The fourth-order valence-corrected chi connectivity index (χ4v) is 4.73. The number of sulfonamides is 1. The Bertz CT molecular complexity index is 507. The van der Waals surface area contributed by atoms with E-state index in [1.54, 1.807) is 14.0 Å². The molecule has 0 bridgehead atoms. The monoisotopic (exact) mass is 314 g/mol. The molecular weight excluding hydrogens is 288 g/mol. The molecule has 5 nitrogen and oxygen atoms in total. The summed E-state index contributed by atoms with van der Waals surface area (Å²) >= 11 is 0. The summed E-state index contributed by atoms with van der Waals surface area (Å²) in [7, 11) is -1.45. The molecule has 2 unspecified atom stereocenters. The van der Waals surface area contributed by atoms with Gasteiger partial charge in [-0.05, 0) is 50.9 Å². The third kappa shape index (κ3) is 3.11. The molecule has 1 saturated heterocycles. The summed E-state index contributed by atoms with van der Waals surface area (Å²) in [6.07, 6.45) is 5.25. The van der Waals surface area contributed by atoms with Gasteiger partial charge in [0.15, 0.2) is 0 Å². The quantitative estimate of drug-likeness (QED) is 0.769. The molecule has 0 spiro atoms. The van der Waals surface area contributed by atoms with Gasteiger partial charge in [0, 0.05) is 32.1 Å². The maximum Gasteiger partial charge on any atom is 0.225 e. The van der Waals surface area contributed by atoms with Gasteiger partial charge in [-0.1, -0.05) is 0 Å². The summed E-state index contributed by atoms with van der Waals surface area (Å²) in [5.41, 5.74) is 0. The minimum Gasteiger partial charge on any atom is -0.342 e. The zero-order chi connectivity index (χ0) is 15.2. The number of carbonyl (C=O) groups is 1. The summed E-state index contributed by atoms with van der Waals surface area (Å²) in [5.74, 6) is 2.25. The summed E-state index contributed by atoms with van der Waals surface area (Å²) < 4.78 is 25.3. The van der Waals surface area contributed by atoms with Crippen molar-refractivity contribution in [3.8, 4) is 0 Å². The number of carbonyl (C=O) groups excluding carboxylic acids is 1.